The summed E-state index contributed by atoms with van der Waals surface area (Å²) in [7, 11) is 0. The zero-order chi connectivity index (χ0) is 12.3. The summed E-state index contributed by atoms with van der Waals surface area (Å²) in [4.78, 5) is 4.33. The Bertz CT molecular complexity index is 530. The first-order valence-corrected chi connectivity index (χ1v) is 6.35. The lowest BCUT2D eigenvalue weighted by atomic mass is 10.2. The van der Waals surface area contributed by atoms with Gasteiger partial charge in [0.25, 0.3) is 0 Å². The molecule has 2 rings (SSSR count). The summed E-state index contributed by atoms with van der Waals surface area (Å²) in [5.41, 5.74) is 3.55. The van der Waals surface area contributed by atoms with E-state index in [1.807, 2.05) is 19.9 Å². The number of guanidine groups is 1. The highest BCUT2D eigenvalue weighted by molar-refractivity contribution is 7.17. The van der Waals surface area contributed by atoms with Crippen molar-refractivity contribution in [3.63, 3.8) is 0 Å². The number of anilines is 1. The van der Waals surface area contributed by atoms with Crippen LogP contribution in [0.3, 0.4) is 0 Å². The highest BCUT2D eigenvalue weighted by Crippen LogP contribution is 2.23. The number of hydrogen-bond acceptors (Lipinski definition) is 3. The molecule has 17 heavy (non-hydrogen) atoms. The maximum atomic E-state index is 5.42. The Morgan fingerprint density at radius 1 is 1.35 bits per heavy atom. The van der Waals surface area contributed by atoms with Gasteiger partial charge < -0.3 is 5.32 Å². The van der Waals surface area contributed by atoms with Crippen molar-refractivity contribution < 1.29 is 0 Å². The minimum atomic E-state index is 0.193. The summed E-state index contributed by atoms with van der Waals surface area (Å²) >= 11 is 1.73. The average molecular weight is 248 g/mol. The summed E-state index contributed by atoms with van der Waals surface area (Å²) in [6.07, 6.45) is 0. The van der Waals surface area contributed by atoms with Crippen LogP contribution in [0, 0.1) is 0 Å². The van der Waals surface area contributed by atoms with E-state index in [4.69, 9.17) is 5.84 Å². The Morgan fingerprint density at radius 3 is 2.88 bits per heavy atom. The molecular formula is C12H16N4S. The number of benzene rings is 1. The van der Waals surface area contributed by atoms with Crippen molar-refractivity contribution in [2.24, 2.45) is 10.8 Å². The SMILES string of the molecule is CC(C)N=C(NN)Nc1ccc2sccc2c1. The van der Waals surface area contributed by atoms with Crippen LogP contribution in [-0.4, -0.2) is 12.0 Å². The van der Waals surface area contributed by atoms with Crippen molar-refractivity contribution in [1.82, 2.24) is 5.43 Å². The largest absolute Gasteiger partial charge is 0.325 e. The minimum absolute atomic E-state index is 0.193. The van der Waals surface area contributed by atoms with Crippen molar-refractivity contribution in [3.8, 4) is 0 Å². The number of nitrogens with zero attached hydrogens (tertiary/aromatic N) is 1. The molecule has 90 valence electrons. The third kappa shape index (κ3) is 2.95. The highest BCUT2D eigenvalue weighted by atomic mass is 32.1. The van der Waals surface area contributed by atoms with E-state index < -0.39 is 0 Å². The van der Waals surface area contributed by atoms with Gasteiger partial charge in [-0.1, -0.05) is 0 Å². The van der Waals surface area contributed by atoms with Crippen molar-refractivity contribution >= 4 is 33.1 Å². The Morgan fingerprint density at radius 2 is 2.18 bits per heavy atom. The molecular weight excluding hydrogens is 232 g/mol. The van der Waals surface area contributed by atoms with Gasteiger partial charge in [0.05, 0.1) is 0 Å². The van der Waals surface area contributed by atoms with Crippen LogP contribution >= 0.6 is 11.3 Å². The van der Waals surface area contributed by atoms with Gasteiger partial charge in [-0.15, -0.1) is 11.3 Å². The van der Waals surface area contributed by atoms with Crippen LogP contribution in [0.25, 0.3) is 10.1 Å². The standard InChI is InChI=1S/C12H16N4S/c1-8(2)14-12(16-13)15-10-3-4-11-9(7-10)5-6-17-11/h3-8H,13H2,1-2H3,(H2,14,15,16). The number of nitrogens with two attached hydrogens (primary N) is 1. The fraction of sp³-hybridized carbons (Fsp3) is 0.250. The van der Waals surface area contributed by atoms with Gasteiger partial charge >= 0.3 is 0 Å². The number of fused-ring (bicyclic) bond motifs is 1. The Balaban J connectivity index is 2.22. The van der Waals surface area contributed by atoms with Gasteiger partial charge in [-0.25, -0.2) is 10.8 Å². The van der Waals surface area contributed by atoms with Crippen LogP contribution in [-0.2, 0) is 0 Å². The average Bonchev–Trinajstić information content (AvgIpc) is 2.74. The Hall–Kier alpha value is -1.59. The monoisotopic (exact) mass is 248 g/mol. The maximum absolute atomic E-state index is 5.42. The van der Waals surface area contributed by atoms with E-state index in [0.717, 1.165) is 5.69 Å². The molecule has 0 aliphatic carbocycles. The van der Waals surface area contributed by atoms with Crippen molar-refractivity contribution in [2.45, 2.75) is 19.9 Å². The highest BCUT2D eigenvalue weighted by Gasteiger charge is 2.01. The van der Waals surface area contributed by atoms with Crippen molar-refractivity contribution in [2.75, 3.05) is 5.32 Å². The molecule has 0 saturated carbocycles. The van der Waals surface area contributed by atoms with Gasteiger partial charge in [0.2, 0.25) is 5.96 Å². The lowest BCUT2D eigenvalue weighted by Gasteiger charge is -2.10. The second-order valence-electron chi connectivity index (χ2n) is 4.01. The third-order valence-electron chi connectivity index (χ3n) is 2.24. The molecule has 4 nitrogen and oxygen atoms in total. The first kappa shape index (κ1) is 11.9. The molecule has 1 aromatic heterocycles. The Labute approximate surface area is 105 Å². The smallest absolute Gasteiger partial charge is 0.210 e. The first-order chi connectivity index (χ1) is 8.19. The Kier molecular flexibility index (Phi) is 3.61. The molecule has 0 bridgehead atoms. The molecule has 2 aromatic rings. The predicted molar refractivity (Wildman–Crippen MR) is 75.3 cm³/mol. The number of thiophene rings is 1. The van der Waals surface area contributed by atoms with Gasteiger partial charge in [0, 0.05) is 16.4 Å². The van der Waals surface area contributed by atoms with E-state index in [0.29, 0.717) is 5.96 Å². The van der Waals surface area contributed by atoms with Crippen LogP contribution < -0.4 is 16.6 Å². The molecule has 0 fully saturated rings. The number of hydrazine groups is 1. The summed E-state index contributed by atoms with van der Waals surface area (Å²) in [5.74, 6) is 6.00. The first-order valence-electron chi connectivity index (χ1n) is 5.48. The lowest BCUT2D eigenvalue weighted by molar-refractivity contribution is 0.819. The number of aliphatic imine (C=N–C) groups is 1. The maximum Gasteiger partial charge on any atom is 0.210 e. The van der Waals surface area contributed by atoms with Crippen LogP contribution in [0.1, 0.15) is 13.8 Å². The van der Waals surface area contributed by atoms with Crippen molar-refractivity contribution in [3.05, 3.63) is 29.6 Å². The molecule has 4 N–H and O–H groups in total. The summed E-state index contributed by atoms with van der Waals surface area (Å²) in [6, 6.07) is 8.48. The number of nitrogens with one attached hydrogen (secondary N) is 2. The quantitative estimate of drug-likeness (QED) is 0.331. The molecule has 0 spiro atoms. The zero-order valence-corrected chi connectivity index (χ0v) is 10.7. The molecule has 0 saturated heterocycles. The lowest BCUT2D eigenvalue weighted by Crippen LogP contribution is -2.36. The van der Waals surface area contributed by atoms with Crippen LogP contribution in [0.15, 0.2) is 34.6 Å². The van der Waals surface area contributed by atoms with Crippen LogP contribution in [0.5, 0.6) is 0 Å². The molecule has 0 atom stereocenters. The molecule has 0 amide bonds. The molecule has 5 heteroatoms. The van der Waals surface area contributed by atoms with E-state index in [-0.39, 0.29) is 6.04 Å². The third-order valence-corrected chi connectivity index (χ3v) is 3.14. The minimum Gasteiger partial charge on any atom is -0.325 e. The van der Waals surface area contributed by atoms with E-state index in [9.17, 15) is 0 Å². The second kappa shape index (κ2) is 5.16. The van der Waals surface area contributed by atoms with Gasteiger partial charge in [0.1, 0.15) is 0 Å². The molecule has 1 aromatic carbocycles. The number of rotatable bonds is 2. The molecule has 0 radical (unpaired) electrons. The van der Waals surface area contributed by atoms with Crippen LogP contribution in [0.4, 0.5) is 5.69 Å². The van der Waals surface area contributed by atoms with Crippen molar-refractivity contribution in [1.29, 1.82) is 0 Å². The van der Waals surface area contributed by atoms with Gasteiger partial charge in [-0.05, 0) is 48.9 Å². The molecule has 0 unspecified atom stereocenters. The summed E-state index contributed by atoms with van der Waals surface area (Å²) < 4.78 is 1.28. The van der Waals surface area contributed by atoms with Gasteiger partial charge in [-0.2, -0.15) is 0 Å². The summed E-state index contributed by atoms with van der Waals surface area (Å²) in [6.45, 7) is 4.00. The normalized spacial score (nSPS) is 12.1. The van der Waals surface area contributed by atoms with Crippen LogP contribution in [0.2, 0.25) is 0 Å². The molecule has 0 aliphatic rings. The molecule has 0 aliphatic heterocycles. The second-order valence-corrected chi connectivity index (χ2v) is 4.96. The van der Waals surface area contributed by atoms with Gasteiger partial charge in [0.15, 0.2) is 0 Å². The molecule has 1 heterocycles. The van der Waals surface area contributed by atoms with E-state index >= 15 is 0 Å². The zero-order valence-electron chi connectivity index (χ0n) is 9.90. The van der Waals surface area contributed by atoms with Gasteiger partial charge in [-0.3, -0.25) is 5.43 Å². The summed E-state index contributed by atoms with van der Waals surface area (Å²) in [5, 5.41) is 6.47. The fourth-order valence-electron chi connectivity index (χ4n) is 1.54. The van der Waals surface area contributed by atoms with E-state index in [1.54, 1.807) is 11.3 Å². The predicted octanol–water partition coefficient (Wildman–Crippen LogP) is 2.54. The van der Waals surface area contributed by atoms with E-state index in [1.165, 1.54) is 10.1 Å². The topological polar surface area (TPSA) is 62.4 Å². The fourth-order valence-corrected chi connectivity index (χ4v) is 2.32. The number of hydrogen-bond donors (Lipinski definition) is 3. The van der Waals surface area contributed by atoms with E-state index in [2.05, 4.69) is 39.3 Å².